The van der Waals surface area contributed by atoms with E-state index in [9.17, 15) is 0 Å². The lowest BCUT2D eigenvalue weighted by atomic mass is 10.1. The number of unbranched alkanes of at least 4 members (excludes halogenated alkanes) is 4. The first-order chi connectivity index (χ1) is 21.5. The van der Waals surface area contributed by atoms with E-state index in [1.807, 2.05) is 12.1 Å². The molecule has 0 bridgehead atoms. The van der Waals surface area contributed by atoms with Crippen LogP contribution in [-0.4, -0.2) is 26.4 Å². The minimum Gasteiger partial charge on any atom is -0.493 e. The largest absolute Gasteiger partial charge is 0.493 e. The van der Waals surface area contributed by atoms with E-state index in [1.54, 1.807) is 0 Å². The van der Waals surface area contributed by atoms with Crippen molar-refractivity contribution in [2.75, 3.05) is 26.4 Å². The maximum atomic E-state index is 6.14. The number of benzene rings is 3. The summed E-state index contributed by atoms with van der Waals surface area (Å²) in [5, 5.41) is 0. The van der Waals surface area contributed by atoms with Crippen LogP contribution in [0.4, 0.5) is 0 Å². The van der Waals surface area contributed by atoms with E-state index in [2.05, 4.69) is 120 Å². The third-order valence-electron chi connectivity index (χ3n) is 7.00. The minimum absolute atomic E-state index is 0.691. The van der Waals surface area contributed by atoms with Crippen molar-refractivity contribution in [3.8, 4) is 23.0 Å². The normalized spacial score (nSPS) is 11.4. The van der Waals surface area contributed by atoms with Gasteiger partial charge in [0.1, 0.15) is 23.0 Å². The van der Waals surface area contributed by atoms with Gasteiger partial charge in [0, 0.05) is 11.1 Å². The van der Waals surface area contributed by atoms with Gasteiger partial charge >= 0.3 is 0 Å². The Morgan fingerprint density at radius 2 is 0.773 bits per heavy atom. The maximum absolute atomic E-state index is 6.14. The minimum atomic E-state index is 0.691. The van der Waals surface area contributed by atoms with Crippen LogP contribution in [0, 0.1) is 0 Å². The lowest BCUT2D eigenvalue weighted by Crippen LogP contribution is -2.01. The summed E-state index contributed by atoms with van der Waals surface area (Å²) in [7, 11) is 0. The van der Waals surface area contributed by atoms with Crippen LogP contribution in [-0.2, 0) is 0 Å². The lowest BCUT2D eigenvalue weighted by Gasteiger charge is -2.14. The molecule has 0 heterocycles. The average Bonchev–Trinajstić information content (AvgIpc) is 3.02. The Balaban J connectivity index is 1.79. The standard InChI is InChI=1S/C38H48Br2O4/c1-5-9-21-41-35-27-33(39)37(43-23-11-7-3)25-31(35)19-17-29-13-15-30(16-14-29)18-20-32-26-38(44-24-12-8-4)34(40)28-36(32)42-22-10-6-2/h13-20,25-28H,5-12,21-24H2,1-4H3/b19-17+,20-18+. The highest BCUT2D eigenvalue weighted by Crippen LogP contribution is 2.36. The van der Waals surface area contributed by atoms with Crippen LogP contribution < -0.4 is 18.9 Å². The SMILES string of the molecule is CCCCOc1cc(/C=C/c2ccc(/C=C/c3cc(OCCCC)c(Br)cc3OCCCC)cc2)c(OCCCC)cc1Br. The van der Waals surface area contributed by atoms with Crippen LogP contribution in [0.25, 0.3) is 24.3 Å². The van der Waals surface area contributed by atoms with E-state index in [0.717, 1.165) is 106 Å². The summed E-state index contributed by atoms with van der Waals surface area (Å²) in [6.45, 7) is 11.4. The Morgan fingerprint density at radius 1 is 0.455 bits per heavy atom. The summed E-state index contributed by atoms with van der Waals surface area (Å²) in [6.07, 6.45) is 16.9. The molecule has 44 heavy (non-hydrogen) atoms. The van der Waals surface area contributed by atoms with E-state index in [-0.39, 0.29) is 0 Å². The number of ether oxygens (including phenoxy) is 4. The third kappa shape index (κ3) is 12.0. The fourth-order valence-corrected chi connectivity index (χ4v) is 5.10. The van der Waals surface area contributed by atoms with E-state index >= 15 is 0 Å². The zero-order chi connectivity index (χ0) is 31.6. The Bertz CT molecular complexity index is 1230. The lowest BCUT2D eigenvalue weighted by molar-refractivity contribution is 0.299. The molecule has 0 saturated heterocycles. The highest BCUT2D eigenvalue weighted by atomic mass is 79.9. The van der Waals surface area contributed by atoms with Gasteiger partial charge in [-0.25, -0.2) is 0 Å². The molecule has 0 unspecified atom stereocenters. The monoisotopic (exact) mass is 726 g/mol. The number of halogens is 2. The summed E-state index contributed by atoms with van der Waals surface area (Å²) in [6, 6.07) is 16.7. The van der Waals surface area contributed by atoms with Gasteiger partial charge in [0.2, 0.25) is 0 Å². The Hall–Kier alpha value is -2.70. The Morgan fingerprint density at radius 3 is 1.09 bits per heavy atom. The molecule has 0 spiro atoms. The molecule has 3 aromatic rings. The topological polar surface area (TPSA) is 36.9 Å². The summed E-state index contributed by atoms with van der Waals surface area (Å²) in [4.78, 5) is 0. The highest BCUT2D eigenvalue weighted by molar-refractivity contribution is 9.11. The van der Waals surface area contributed by atoms with Gasteiger partial charge in [-0.3, -0.25) is 0 Å². The average molecular weight is 729 g/mol. The molecule has 0 atom stereocenters. The van der Waals surface area contributed by atoms with Crippen molar-refractivity contribution in [2.24, 2.45) is 0 Å². The number of rotatable bonds is 20. The van der Waals surface area contributed by atoms with Crippen molar-refractivity contribution >= 4 is 56.2 Å². The van der Waals surface area contributed by atoms with Crippen molar-refractivity contribution in [2.45, 2.75) is 79.1 Å². The predicted octanol–water partition coefficient (Wildman–Crippen LogP) is 12.3. The first-order valence-electron chi connectivity index (χ1n) is 16.1. The van der Waals surface area contributed by atoms with Crippen molar-refractivity contribution < 1.29 is 18.9 Å². The summed E-state index contributed by atoms with van der Waals surface area (Å²) in [5.74, 6) is 3.39. The van der Waals surface area contributed by atoms with Gasteiger partial charge < -0.3 is 18.9 Å². The van der Waals surface area contributed by atoms with Gasteiger partial charge in [-0.05, 0) is 92.9 Å². The highest BCUT2D eigenvalue weighted by Gasteiger charge is 2.11. The fourth-order valence-electron chi connectivity index (χ4n) is 4.23. The molecule has 6 heteroatoms. The van der Waals surface area contributed by atoms with Crippen molar-refractivity contribution in [1.82, 2.24) is 0 Å². The Kier molecular flexibility index (Phi) is 16.5. The fraction of sp³-hybridized carbons (Fsp3) is 0.421. The molecule has 3 aromatic carbocycles. The quantitative estimate of drug-likeness (QED) is 0.0857. The molecular formula is C38H48Br2O4. The van der Waals surface area contributed by atoms with Crippen LogP contribution >= 0.6 is 31.9 Å². The zero-order valence-corrected chi connectivity index (χ0v) is 30.0. The van der Waals surface area contributed by atoms with Gasteiger partial charge in [-0.2, -0.15) is 0 Å². The first kappa shape index (κ1) is 35.8. The molecule has 0 aliphatic carbocycles. The predicted molar refractivity (Wildman–Crippen MR) is 194 cm³/mol. The molecule has 0 aliphatic heterocycles. The van der Waals surface area contributed by atoms with Gasteiger partial charge in [0.15, 0.2) is 0 Å². The summed E-state index contributed by atoms with van der Waals surface area (Å²) >= 11 is 7.33. The molecule has 3 rings (SSSR count). The summed E-state index contributed by atoms with van der Waals surface area (Å²) < 4.78 is 26.2. The molecule has 0 N–H and O–H groups in total. The zero-order valence-electron chi connectivity index (χ0n) is 26.8. The van der Waals surface area contributed by atoms with Gasteiger partial charge in [-0.15, -0.1) is 0 Å². The number of hydrogen-bond donors (Lipinski definition) is 0. The molecule has 0 amide bonds. The van der Waals surface area contributed by atoms with Gasteiger partial charge in [-0.1, -0.05) is 102 Å². The van der Waals surface area contributed by atoms with Gasteiger partial charge in [0.05, 0.1) is 35.4 Å². The first-order valence-corrected chi connectivity index (χ1v) is 17.7. The molecule has 0 radical (unpaired) electrons. The Labute approximate surface area is 282 Å². The molecule has 0 fully saturated rings. The summed E-state index contributed by atoms with van der Waals surface area (Å²) in [5.41, 5.74) is 4.22. The second kappa shape index (κ2) is 20.4. The molecular weight excluding hydrogens is 680 g/mol. The third-order valence-corrected chi connectivity index (χ3v) is 8.24. The van der Waals surface area contributed by atoms with Crippen LogP contribution in [0.2, 0.25) is 0 Å². The van der Waals surface area contributed by atoms with Crippen LogP contribution in [0.15, 0.2) is 57.5 Å². The molecule has 0 aliphatic rings. The van der Waals surface area contributed by atoms with Crippen molar-refractivity contribution in [1.29, 1.82) is 0 Å². The second-order valence-electron chi connectivity index (χ2n) is 10.8. The van der Waals surface area contributed by atoms with Crippen molar-refractivity contribution in [3.63, 3.8) is 0 Å². The molecule has 238 valence electrons. The van der Waals surface area contributed by atoms with E-state index < -0.39 is 0 Å². The smallest absolute Gasteiger partial charge is 0.134 e. The number of hydrogen-bond acceptors (Lipinski definition) is 4. The molecule has 0 saturated carbocycles. The van der Waals surface area contributed by atoms with Gasteiger partial charge in [0.25, 0.3) is 0 Å². The molecule has 0 aromatic heterocycles. The van der Waals surface area contributed by atoms with Crippen molar-refractivity contribution in [3.05, 3.63) is 79.7 Å². The second-order valence-corrected chi connectivity index (χ2v) is 12.5. The molecule has 4 nitrogen and oxygen atoms in total. The van der Waals surface area contributed by atoms with E-state index in [0.29, 0.717) is 26.4 Å². The van der Waals surface area contributed by atoms with Crippen LogP contribution in [0.1, 0.15) is 101 Å². The van der Waals surface area contributed by atoms with Crippen LogP contribution in [0.3, 0.4) is 0 Å². The van der Waals surface area contributed by atoms with E-state index in [4.69, 9.17) is 18.9 Å². The van der Waals surface area contributed by atoms with Crippen LogP contribution in [0.5, 0.6) is 23.0 Å². The van der Waals surface area contributed by atoms with E-state index in [1.165, 1.54) is 0 Å². The maximum Gasteiger partial charge on any atom is 0.134 e.